The number of piperazine rings is 1. The number of hydrogen-bond donors (Lipinski definition) is 0. The molecule has 7 nitrogen and oxygen atoms in total. The first-order valence-corrected chi connectivity index (χ1v) is 6.32. The van der Waals surface area contributed by atoms with Crippen molar-refractivity contribution in [1.82, 2.24) is 25.1 Å². The topological polar surface area (TPSA) is 71.2 Å². The molecule has 0 spiro atoms. The van der Waals surface area contributed by atoms with Crippen molar-refractivity contribution in [3.05, 3.63) is 30.4 Å². The molecule has 2 aromatic heterocycles. The summed E-state index contributed by atoms with van der Waals surface area (Å²) in [6.07, 6.45) is 4.83. The van der Waals surface area contributed by atoms with E-state index < -0.39 is 0 Å². The van der Waals surface area contributed by atoms with Crippen LogP contribution in [0.5, 0.6) is 0 Å². The van der Waals surface area contributed by atoms with Crippen LogP contribution in [-0.2, 0) is 6.54 Å². The molecule has 7 heteroatoms. The quantitative estimate of drug-likeness (QED) is 0.795. The van der Waals surface area contributed by atoms with Crippen molar-refractivity contribution in [2.45, 2.75) is 13.5 Å². The highest BCUT2D eigenvalue weighted by Gasteiger charge is 2.20. The molecular weight excluding hydrogens is 244 g/mol. The standard InChI is InChI=1S/C12H16N6O/c1-10-6-13-8-14-12(10)18-4-2-17(3-5-18)7-11-16-15-9-19-11/h6,8-9H,2-5,7H2,1H3. The van der Waals surface area contributed by atoms with Gasteiger partial charge in [0.1, 0.15) is 12.1 Å². The lowest BCUT2D eigenvalue weighted by Gasteiger charge is -2.35. The monoisotopic (exact) mass is 260 g/mol. The highest BCUT2D eigenvalue weighted by atomic mass is 16.4. The summed E-state index contributed by atoms with van der Waals surface area (Å²) < 4.78 is 5.17. The first-order valence-electron chi connectivity index (χ1n) is 6.32. The fourth-order valence-corrected chi connectivity index (χ4v) is 2.30. The van der Waals surface area contributed by atoms with Crippen LogP contribution in [0.4, 0.5) is 5.82 Å². The van der Waals surface area contributed by atoms with Crippen molar-refractivity contribution in [1.29, 1.82) is 0 Å². The minimum Gasteiger partial charge on any atom is -0.427 e. The second-order valence-electron chi connectivity index (χ2n) is 4.63. The van der Waals surface area contributed by atoms with Crippen molar-refractivity contribution >= 4 is 5.82 Å². The van der Waals surface area contributed by atoms with Crippen LogP contribution in [0.3, 0.4) is 0 Å². The second-order valence-corrected chi connectivity index (χ2v) is 4.63. The van der Waals surface area contributed by atoms with E-state index in [4.69, 9.17) is 4.42 Å². The lowest BCUT2D eigenvalue weighted by molar-refractivity contribution is 0.225. The van der Waals surface area contributed by atoms with Crippen LogP contribution in [0, 0.1) is 6.92 Å². The second kappa shape index (κ2) is 5.31. The Bertz CT molecular complexity index is 521. The summed E-state index contributed by atoms with van der Waals surface area (Å²) in [5.41, 5.74) is 1.12. The SMILES string of the molecule is Cc1cncnc1N1CCN(Cc2nnco2)CC1. The Hall–Kier alpha value is -2.02. The van der Waals surface area contributed by atoms with Gasteiger partial charge in [-0.1, -0.05) is 0 Å². The third-order valence-corrected chi connectivity index (χ3v) is 3.30. The summed E-state index contributed by atoms with van der Waals surface area (Å²) in [6.45, 7) is 6.59. The van der Waals surface area contributed by atoms with Gasteiger partial charge in [-0.25, -0.2) is 9.97 Å². The zero-order chi connectivity index (χ0) is 13.1. The van der Waals surface area contributed by atoms with E-state index in [1.54, 1.807) is 6.33 Å². The van der Waals surface area contributed by atoms with E-state index in [0.29, 0.717) is 5.89 Å². The van der Waals surface area contributed by atoms with Gasteiger partial charge in [0.05, 0.1) is 6.54 Å². The van der Waals surface area contributed by atoms with Crippen molar-refractivity contribution in [3.8, 4) is 0 Å². The maximum Gasteiger partial charge on any atom is 0.230 e. The molecule has 100 valence electrons. The molecule has 3 heterocycles. The molecule has 1 saturated heterocycles. The molecule has 0 N–H and O–H groups in total. The predicted molar refractivity (Wildman–Crippen MR) is 68.6 cm³/mol. The van der Waals surface area contributed by atoms with Crippen LogP contribution in [-0.4, -0.2) is 51.2 Å². The largest absolute Gasteiger partial charge is 0.427 e. The van der Waals surface area contributed by atoms with Crippen LogP contribution in [0.2, 0.25) is 0 Å². The summed E-state index contributed by atoms with van der Waals surface area (Å²) >= 11 is 0. The maximum absolute atomic E-state index is 5.17. The minimum absolute atomic E-state index is 0.673. The number of rotatable bonds is 3. The minimum atomic E-state index is 0.673. The van der Waals surface area contributed by atoms with Crippen LogP contribution in [0.25, 0.3) is 0 Å². The van der Waals surface area contributed by atoms with Gasteiger partial charge < -0.3 is 9.32 Å². The molecule has 0 aliphatic carbocycles. The molecule has 1 aliphatic heterocycles. The number of nitrogens with zero attached hydrogens (tertiary/aromatic N) is 6. The Balaban J connectivity index is 1.59. The lowest BCUT2D eigenvalue weighted by Crippen LogP contribution is -2.46. The van der Waals surface area contributed by atoms with Gasteiger partial charge in [0, 0.05) is 37.9 Å². The first-order chi connectivity index (χ1) is 9.33. The molecule has 3 rings (SSSR count). The average Bonchev–Trinajstić information content (AvgIpc) is 2.93. The maximum atomic E-state index is 5.17. The number of aromatic nitrogens is 4. The fourth-order valence-electron chi connectivity index (χ4n) is 2.30. The van der Waals surface area contributed by atoms with Crippen molar-refractivity contribution < 1.29 is 4.42 Å². The molecule has 0 atom stereocenters. The van der Waals surface area contributed by atoms with Crippen LogP contribution >= 0.6 is 0 Å². The van der Waals surface area contributed by atoms with Gasteiger partial charge in [-0.3, -0.25) is 4.90 Å². The van der Waals surface area contributed by atoms with E-state index in [-0.39, 0.29) is 0 Å². The van der Waals surface area contributed by atoms with Gasteiger partial charge in [-0.2, -0.15) is 0 Å². The molecule has 0 radical (unpaired) electrons. The van der Waals surface area contributed by atoms with Gasteiger partial charge in [-0.05, 0) is 6.92 Å². The molecule has 0 unspecified atom stereocenters. The smallest absolute Gasteiger partial charge is 0.230 e. The zero-order valence-corrected chi connectivity index (χ0v) is 10.9. The summed E-state index contributed by atoms with van der Waals surface area (Å²) in [7, 11) is 0. The Morgan fingerprint density at radius 1 is 1.26 bits per heavy atom. The van der Waals surface area contributed by atoms with E-state index in [1.165, 1.54) is 6.39 Å². The van der Waals surface area contributed by atoms with Crippen LogP contribution in [0.1, 0.15) is 11.5 Å². The van der Waals surface area contributed by atoms with Crippen molar-refractivity contribution in [3.63, 3.8) is 0 Å². The molecule has 2 aromatic rings. The van der Waals surface area contributed by atoms with E-state index in [9.17, 15) is 0 Å². The predicted octanol–water partition coefficient (Wildman–Crippen LogP) is 0.490. The zero-order valence-electron chi connectivity index (χ0n) is 10.9. The van der Waals surface area contributed by atoms with Gasteiger partial charge >= 0.3 is 0 Å². The fraction of sp³-hybridized carbons (Fsp3) is 0.500. The summed E-state index contributed by atoms with van der Waals surface area (Å²) in [6, 6.07) is 0. The van der Waals surface area contributed by atoms with Crippen molar-refractivity contribution in [2.24, 2.45) is 0 Å². The van der Waals surface area contributed by atoms with Crippen LogP contribution < -0.4 is 4.90 Å². The Labute approximate surface area is 111 Å². The van der Waals surface area contributed by atoms with Gasteiger partial charge in [0.15, 0.2) is 0 Å². The molecule has 0 bridgehead atoms. The molecule has 0 aromatic carbocycles. The Morgan fingerprint density at radius 2 is 2.11 bits per heavy atom. The van der Waals surface area contributed by atoms with E-state index in [0.717, 1.165) is 44.1 Å². The number of aryl methyl sites for hydroxylation is 1. The third kappa shape index (κ3) is 2.70. The molecule has 1 aliphatic rings. The average molecular weight is 260 g/mol. The van der Waals surface area contributed by atoms with E-state index in [1.807, 2.05) is 13.1 Å². The number of hydrogen-bond acceptors (Lipinski definition) is 7. The Kier molecular flexibility index (Phi) is 3.37. The summed E-state index contributed by atoms with van der Waals surface area (Å²) in [5.74, 6) is 1.71. The highest BCUT2D eigenvalue weighted by Crippen LogP contribution is 2.17. The third-order valence-electron chi connectivity index (χ3n) is 3.30. The molecular formula is C12H16N6O. The molecule has 19 heavy (non-hydrogen) atoms. The Morgan fingerprint density at radius 3 is 2.79 bits per heavy atom. The lowest BCUT2D eigenvalue weighted by atomic mass is 10.2. The summed E-state index contributed by atoms with van der Waals surface area (Å²) in [4.78, 5) is 13.0. The van der Waals surface area contributed by atoms with Gasteiger partial charge in [0.25, 0.3) is 0 Å². The first kappa shape index (κ1) is 12.0. The van der Waals surface area contributed by atoms with E-state index in [2.05, 4.69) is 30.0 Å². The number of anilines is 1. The highest BCUT2D eigenvalue weighted by molar-refractivity contribution is 5.44. The van der Waals surface area contributed by atoms with Gasteiger partial charge in [0.2, 0.25) is 12.3 Å². The van der Waals surface area contributed by atoms with Crippen molar-refractivity contribution in [2.75, 3.05) is 31.1 Å². The molecule has 0 saturated carbocycles. The summed E-state index contributed by atoms with van der Waals surface area (Å²) in [5, 5.41) is 7.60. The van der Waals surface area contributed by atoms with E-state index >= 15 is 0 Å². The molecule has 1 fully saturated rings. The van der Waals surface area contributed by atoms with Crippen LogP contribution in [0.15, 0.2) is 23.3 Å². The molecule has 0 amide bonds. The van der Waals surface area contributed by atoms with Gasteiger partial charge in [-0.15, -0.1) is 10.2 Å². The normalized spacial score (nSPS) is 16.8.